The molecule has 2 atom stereocenters. The number of aliphatic hydroxyl groups is 1. The molecule has 0 bridgehead atoms. The van der Waals surface area contributed by atoms with Gasteiger partial charge in [0.1, 0.15) is 11.5 Å². The van der Waals surface area contributed by atoms with Crippen molar-refractivity contribution in [2.45, 2.75) is 37.7 Å². The van der Waals surface area contributed by atoms with Crippen LogP contribution in [0.4, 0.5) is 0 Å². The smallest absolute Gasteiger partial charge is 0.143 e. The lowest BCUT2D eigenvalue weighted by atomic mass is 9.84. The highest BCUT2D eigenvalue weighted by atomic mass is 35.5. The summed E-state index contributed by atoms with van der Waals surface area (Å²) in [5, 5.41) is 10.9. The van der Waals surface area contributed by atoms with Gasteiger partial charge in [-0.3, -0.25) is 4.79 Å². The molecule has 5 heteroatoms. The van der Waals surface area contributed by atoms with E-state index in [1.165, 1.54) is 0 Å². The lowest BCUT2D eigenvalue weighted by Gasteiger charge is -2.26. The zero-order chi connectivity index (χ0) is 15.2. The lowest BCUT2D eigenvalue weighted by molar-refractivity contribution is -0.123. The molecule has 0 saturated carbocycles. The number of carbonyl (C=O) groups is 1. The molecule has 1 aromatic rings. The molecule has 0 radical (unpaired) electrons. The Morgan fingerprint density at radius 1 is 1.33 bits per heavy atom. The third kappa shape index (κ3) is 3.96. The summed E-state index contributed by atoms with van der Waals surface area (Å²) >= 11 is 6.27. The first-order valence-corrected chi connectivity index (χ1v) is 7.64. The summed E-state index contributed by atoms with van der Waals surface area (Å²) in [6.45, 7) is 1.19. The molecule has 4 nitrogen and oxygen atoms in total. The van der Waals surface area contributed by atoms with Gasteiger partial charge in [-0.1, -0.05) is 17.7 Å². The van der Waals surface area contributed by atoms with Crippen LogP contribution >= 0.6 is 11.6 Å². The molecule has 1 N–H and O–H groups in total. The molecule has 0 spiro atoms. The average molecular weight is 313 g/mol. The third-order valence-corrected chi connectivity index (χ3v) is 4.11. The molecule has 1 saturated heterocycles. The number of Topliss-reactive ketones (excluding diaryl/α,β-unsaturated/α-hetero) is 1. The van der Waals surface area contributed by atoms with Crippen LogP contribution in [0, 0.1) is 0 Å². The van der Waals surface area contributed by atoms with Gasteiger partial charge in [0.15, 0.2) is 0 Å². The van der Waals surface area contributed by atoms with Gasteiger partial charge in [-0.15, -0.1) is 0 Å². The molecule has 1 heterocycles. The highest BCUT2D eigenvalue weighted by Gasteiger charge is 2.32. The predicted octanol–water partition coefficient (Wildman–Crippen LogP) is 2.95. The largest absolute Gasteiger partial charge is 0.496 e. The molecular formula is C16H21ClO4. The normalized spacial score (nSPS) is 24.6. The van der Waals surface area contributed by atoms with E-state index in [0.29, 0.717) is 48.8 Å². The second-order valence-corrected chi connectivity index (χ2v) is 5.63. The molecule has 1 aromatic carbocycles. The van der Waals surface area contributed by atoms with Gasteiger partial charge in [0.25, 0.3) is 0 Å². The van der Waals surface area contributed by atoms with Crippen LogP contribution in [-0.4, -0.2) is 37.3 Å². The molecule has 0 amide bonds. The van der Waals surface area contributed by atoms with Crippen LogP contribution in [0.15, 0.2) is 18.2 Å². The number of benzene rings is 1. The van der Waals surface area contributed by atoms with Crippen molar-refractivity contribution in [1.82, 2.24) is 0 Å². The Bertz CT molecular complexity index is 489. The third-order valence-electron chi connectivity index (χ3n) is 3.78. The van der Waals surface area contributed by atoms with Gasteiger partial charge >= 0.3 is 0 Å². The van der Waals surface area contributed by atoms with Crippen LogP contribution in [-0.2, 0) is 9.53 Å². The van der Waals surface area contributed by atoms with E-state index in [2.05, 4.69) is 0 Å². The van der Waals surface area contributed by atoms with E-state index in [0.717, 1.165) is 6.42 Å². The molecule has 21 heavy (non-hydrogen) atoms. The standard InChI is InChI=1S/C16H21ClO4/c1-20-14-8-2-5-11(17)15(14)16-12(18)6-3-9-21-10-4-7-13(16)19/h2,5,8,12,16,18H,3-4,6-7,9-10H2,1H3. The molecule has 1 fully saturated rings. The van der Waals surface area contributed by atoms with Crippen LogP contribution in [0.1, 0.15) is 37.2 Å². The van der Waals surface area contributed by atoms with Gasteiger partial charge in [-0.2, -0.15) is 0 Å². The average Bonchev–Trinajstić information content (AvgIpc) is 2.47. The Morgan fingerprint density at radius 3 is 2.86 bits per heavy atom. The van der Waals surface area contributed by atoms with Crippen molar-refractivity contribution in [2.75, 3.05) is 20.3 Å². The van der Waals surface area contributed by atoms with E-state index in [4.69, 9.17) is 21.1 Å². The fourth-order valence-corrected chi connectivity index (χ4v) is 3.02. The maximum absolute atomic E-state index is 12.5. The van der Waals surface area contributed by atoms with Crippen LogP contribution in [0.3, 0.4) is 0 Å². The van der Waals surface area contributed by atoms with Gasteiger partial charge < -0.3 is 14.6 Å². The van der Waals surface area contributed by atoms with E-state index in [1.807, 2.05) is 0 Å². The van der Waals surface area contributed by atoms with Crippen LogP contribution in [0.2, 0.25) is 5.02 Å². The fraction of sp³-hybridized carbons (Fsp3) is 0.562. The van der Waals surface area contributed by atoms with Crippen molar-refractivity contribution in [1.29, 1.82) is 0 Å². The SMILES string of the molecule is COc1cccc(Cl)c1C1C(=O)CCCOCCCC1O. The minimum absolute atomic E-state index is 0.0144. The van der Waals surface area contributed by atoms with E-state index in [9.17, 15) is 9.90 Å². The van der Waals surface area contributed by atoms with E-state index < -0.39 is 12.0 Å². The summed E-state index contributed by atoms with van der Waals surface area (Å²) in [6, 6.07) is 5.26. The Balaban J connectivity index is 2.37. The number of aliphatic hydroxyl groups excluding tert-OH is 1. The number of methoxy groups -OCH3 is 1. The topological polar surface area (TPSA) is 55.8 Å². The highest BCUT2D eigenvalue weighted by Crippen LogP contribution is 2.37. The first kappa shape index (κ1) is 16.3. The second-order valence-electron chi connectivity index (χ2n) is 5.23. The maximum atomic E-state index is 12.5. The predicted molar refractivity (Wildman–Crippen MR) is 81.0 cm³/mol. The van der Waals surface area contributed by atoms with Crippen molar-refractivity contribution in [3.63, 3.8) is 0 Å². The molecule has 2 unspecified atom stereocenters. The molecule has 1 aliphatic rings. The second kappa shape index (κ2) is 7.78. The number of ketones is 1. The number of rotatable bonds is 2. The summed E-state index contributed by atoms with van der Waals surface area (Å²) in [5.41, 5.74) is 0.598. The Morgan fingerprint density at radius 2 is 2.10 bits per heavy atom. The minimum Gasteiger partial charge on any atom is -0.496 e. The van der Waals surface area contributed by atoms with Crippen LogP contribution in [0.25, 0.3) is 0 Å². The number of ether oxygens (including phenoxy) is 2. The van der Waals surface area contributed by atoms with Gasteiger partial charge in [0.2, 0.25) is 0 Å². The summed E-state index contributed by atoms with van der Waals surface area (Å²) in [7, 11) is 1.54. The van der Waals surface area contributed by atoms with E-state index in [-0.39, 0.29) is 5.78 Å². The fourth-order valence-electron chi connectivity index (χ4n) is 2.73. The highest BCUT2D eigenvalue weighted by molar-refractivity contribution is 6.32. The number of halogens is 1. The molecule has 1 aliphatic heterocycles. The lowest BCUT2D eigenvalue weighted by Crippen LogP contribution is -2.28. The monoisotopic (exact) mass is 312 g/mol. The van der Waals surface area contributed by atoms with Crippen LogP contribution < -0.4 is 4.74 Å². The summed E-state index contributed by atoms with van der Waals surface area (Å²) in [5.74, 6) is -0.0978. The first-order chi connectivity index (χ1) is 10.1. The zero-order valence-corrected chi connectivity index (χ0v) is 12.9. The number of hydrogen-bond acceptors (Lipinski definition) is 4. The van der Waals surface area contributed by atoms with E-state index >= 15 is 0 Å². The van der Waals surface area contributed by atoms with Gasteiger partial charge in [0.05, 0.1) is 19.1 Å². The first-order valence-electron chi connectivity index (χ1n) is 7.26. The maximum Gasteiger partial charge on any atom is 0.143 e. The molecule has 2 rings (SSSR count). The minimum atomic E-state index is -0.770. The van der Waals surface area contributed by atoms with Gasteiger partial charge in [0, 0.05) is 30.2 Å². The zero-order valence-electron chi connectivity index (χ0n) is 12.2. The molecule has 0 aliphatic carbocycles. The molecular weight excluding hydrogens is 292 g/mol. The summed E-state index contributed by atoms with van der Waals surface area (Å²) in [4.78, 5) is 12.5. The van der Waals surface area contributed by atoms with Crippen LogP contribution in [0.5, 0.6) is 5.75 Å². The van der Waals surface area contributed by atoms with Gasteiger partial charge in [-0.25, -0.2) is 0 Å². The quantitative estimate of drug-likeness (QED) is 0.912. The van der Waals surface area contributed by atoms with Gasteiger partial charge in [-0.05, 0) is 31.4 Å². The Labute approximate surface area is 130 Å². The molecule has 116 valence electrons. The Hall–Kier alpha value is -1.10. The number of carbonyl (C=O) groups excluding carboxylic acids is 1. The van der Waals surface area contributed by atoms with Crippen molar-refractivity contribution in [3.05, 3.63) is 28.8 Å². The number of hydrogen-bond donors (Lipinski definition) is 1. The molecule has 0 aromatic heterocycles. The van der Waals surface area contributed by atoms with Crippen molar-refractivity contribution >= 4 is 17.4 Å². The summed E-state index contributed by atoms with van der Waals surface area (Å²) in [6.07, 6.45) is 1.49. The Kier molecular flexibility index (Phi) is 6.03. The van der Waals surface area contributed by atoms with Crippen molar-refractivity contribution in [3.8, 4) is 5.75 Å². The van der Waals surface area contributed by atoms with Crippen molar-refractivity contribution < 1.29 is 19.4 Å². The van der Waals surface area contributed by atoms with E-state index in [1.54, 1.807) is 25.3 Å². The van der Waals surface area contributed by atoms with Crippen molar-refractivity contribution in [2.24, 2.45) is 0 Å². The summed E-state index contributed by atoms with van der Waals surface area (Å²) < 4.78 is 10.7.